The fourth-order valence-electron chi connectivity index (χ4n) is 3.21. The largest absolute Gasteiger partial charge is 0.376 e. The maximum atomic E-state index is 12.2. The monoisotopic (exact) mass is 307 g/mol. The van der Waals surface area contributed by atoms with Gasteiger partial charge in [0.05, 0.1) is 12.7 Å². The maximum absolute atomic E-state index is 12.2. The van der Waals surface area contributed by atoms with Crippen LogP contribution in [-0.2, 0) is 14.3 Å². The Bertz CT molecular complexity index is 449. The molecule has 2 aliphatic rings. The van der Waals surface area contributed by atoms with Gasteiger partial charge < -0.3 is 19.4 Å². The van der Waals surface area contributed by atoms with E-state index in [1.54, 1.807) is 6.20 Å². The molecule has 3 rings (SSSR count). The first-order chi connectivity index (χ1) is 10.8. The van der Waals surface area contributed by atoms with Crippen molar-refractivity contribution in [3.05, 3.63) is 18.2 Å². The highest BCUT2D eigenvalue weighted by molar-refractivity contribution is 5.77. The number of carbonyl (C=O) groups is 1. The summed E-state index contributed by atoms with van der Waals surface area (Å²) in [6.07, 6.45) is 9.12. The molecule has 0 radical (unpaired) electrons. The highest BCUT2D eigenvalue weighted by Crippen LogP contribution is 2.25. The van der Waals surface area contributed by atoms with E-state index in [1.165, 1.54) is 6.42 Å². The predicted octanol–water partition coefficient (Wildman–Crippen LogP) is 1.70. The number of imidazole rings is 1. The molecule has 1 amide bonds. The Balaban J connectivity index is 1.35. The molecule has 1 atom stereocenters. The molecule has 122 valence electrons. The lowest BCUT2D eigenvalue weighted by atomic mass is 9.96. The summed E-state index contributed by atoms with van der Waals surface area (Å²) in [5.74, 6) is 1.57. The third-order valence-corrected chi connectivity index (χ3v) is 4.56. The number of rotatable bonds is 5. The minimum atomic E-state index is 0.0914. The molecule has 1 aromatic heterocycles. The summed E-state index contributed by atoms with van der Waals surface area (Å²) >= 11 is 0. The van der Waals surface area contributed by atoms with Crippen molar-refractivity contribution in [2.45, 2.75) is 44.1 Å². The maximum Gasteiger partial charge on any atom is 0.248 e. The number of aromatic nitrogens is 2. The van der Waals surface area contributed by atoms with Crippen LogP contribution in [-0.4, -0.2) is 59.8 Å². The normalized spacial score (nSPS) is 23.6. The Labute approximate surface area is 131 Å². The first kappa shape index (κ1) is 15.5. The van der Waals surface area contributed by atoms with Gasteiger partial charge in [-0.05, 0) is 32.1 Å². The molecular weight excluding hydrogens is 282 g/mol. The van der Waals surface area contributed by atoms with Crippen molar-refractivity contribution in [3.63, 3.8) is 0 Å². The van der Waals surface area contributed by atoms with Crippen LogP contribution in [0.2, 0.25) is 0 Å². The van der Waals surface area contributed by atoms with E-state index in [9.17, 15) is 4.79 Å². The molecule has 22 heavy (non-hydrogen) atoms. The number of ether oxygens (including phenoxy) is 2. The van der Waals surface area contributed by atoms with Gasteiger partial charge in [0.1, 0.15) is 12.4 Å². The van der Waals surface area contributed by atoms with Crippen molar-refractivity contribution in [2.75, 3.05) is 32.9 Å². The lowest BCUT2D eigenvalue weighted by Gasteiger charge is -2.31. The topological polar surface area (TPSA) is 67.5 Å². The Morgan fingerprint density at radius 3 is 2.91 bits per heavy atom. The average Bonchev–Trinajstić information content (AvgIpc) is 3.10. The van der Waals surface area contributed by atoms with Gasteiger partial charge in [-0.15, -0.1) is 0 Å². The van der Waals surface area contributed by atoms with Crippen molar-refractivity contribution in [3.8, 4) is 0 Å². The van der Waals surface area contributed by atoms with E-state index in [0.29, 0.717) is 12.5 Å². The first-order valence-electron chi connectivity index (χ1n) is 8.29. The van der Waals surface area contributed by atoms with Crippen LogP contribution in [0, 0.1) is 0 Å². The zero-order valence-electron chi connectivity index (χ0n) is 13.0. The molecule has 2 saturated heterocycles. The van der Waals surface area contributed by atoms with Gasteiger partial charge in [-0.2, -0.15) is 0 Å². The number of aromatic amines is 1. The molecular formula is C16H25N3O3. The van der Waals surface area contributed by atoms with Crippen molar-refractivity contribution in [2.24, 2.45) is 0 Å². The fraction of sp³-hybridized carbons (Fsp3) is 0.750. The second-order valence-corrected chi connectivity index (χ2v) is 6.13. The summed E-state index contributed by atoms with van der Waals surface area (Å²) in [7, 11) is 0. The number of hydrogen-bond donors (Lipinski definition) is 1. The molecule has 2 fully saturated rings. The number of nitrogens with one attached hydrogen (secondary N) is 1. The van der Waals surface area contributed by atoms with Gasteiger partial charge in [0.25, 0.3) is 0 Å². The van der Waals surface area contributed by atoms with Crippen LogP contribution in [0.5, 0.6) is 0 Å². The summed E-state index contributed by atoms with van der Waals surface area (Å²) in [4.78, 5) is 21.6. The van der Waals surface area contributed by atoms with E-state index >= 15 is 0 Å². The molecule has 1 aromatic rings. The molecule has 0 aliphatic carbocycles. The second-order valence-electron chi connectivity index (χ2n) is 6.13. The number of hydrogen-bond acceptors (Lipinski definition) is 4. The molecule has 0 aromatic carbocycles. The molecule has 2 aliphatic heterocycles. The van der Waals surface area contributed by atoms with E-state index < -0.39 is 0 Å². The number of likely N-dealkylation sites (tertiary alicyclic amines) is 1. The highest BCUT2D eigenvalue weighted by Gasteiger charge is 2.25. The highest BCUT2D eigenvalue weighted by atomic mass is 16.5. The lowest BCUT2D eigenvalue weighted by molar-refractivity contribution is -0.139. The average molecular weight is 307 g/mol. The first-order valence-corrected chi connectivity index (χ1v) is 8.29. The zero-order chi connectivity index (χ0) is 15.2. The molecule has 3 heterocycles. The van der Waals surface area contributed by atoms with Crippen LogP contribution in [0.1, 0.15) is 43.8 Å². The van der Waals surface area contributed by atoms with E-state index in [2.05, 4.69) is 9.97 Å². The van der Waals surface area contributed by atoms with Gasteiger partial charge in [0, 0.05) is 38.0 Å². The number of H-pyrrole nitrogens is 1. The van der Waals surface area contributed by atoms with Gasteiger partial charge in [-0.25, -0.2) is 4.98 Å². The molecule has 6 nitrogen and oxygen atoms in total. The van der Waals surface area contributed by atoms with Crippen LogP contribution in [0.3, 0.4) is 0 Å². The quantitative estimate of drug-likeness (QED) is 0.899. The van der Waals surface area contributed by atoms with Crippen molar-refractivity contribution >= 4 is 5.91 Å². The number of carbonyl (C=O) groups excluding carboxylic acids is 1. The Morgan fingerprint density at radius 1 is 1.36 bits per heavy atom. The van der Waals surface area contributed by atoms with Gasteiger partial charge in [-0.1, -0.05) is 0 Å². The van der Waals surface area contributed by atoms with Crippen molar-refractivity contribution < 1.29 is 14.3 Å². The lowest BCUT2D eigenvalue weighted by Crippen LogP contribution is -2.40. The number of nitrogens with zero attached hydrogens (tertiary/aromatic N) is 2. The molecule has 0 bridgehead atoms. The van der Waals surface area contributed by atoms with Gasteiger partial charge in [0.2, 0.25) is 5.91 Å². The molecule has 1 unspecified atom stereocenters. The van der Waals surface area contributed by atoms with E-state index in [1.807, 2.05) is 11.1 Å². The minimum Gasteiger partial charge on any atom is -0.376 e. The van der Waals surface area contributed by atoms with E-state index in [-0.39, 0.29) is 18.6 Å². The van der Waals surface area contributed by atoms with Crippen LogP contribution >= 0.6 is 0 Å². The van der Waals surface area contributed by atoms with Crippen molar-refractivity contribution in [1.82, 2.24) is 14.9 Å². The minimum absolute atomic E-state index is 0.0914. The van der Waals surface area contributed by atoms with Gasteiger partial charge >= 0.3 is 0 Å². The van der Waals surface area contributed by atoms with E-state index in [4.69, 9.17) is 9.47 Å². The zero-order valence-corrected chi connectivity index (χ0v) is 13.0. The summed E-state index contributed by atoms with van der Waals surface area (Å²) in [5, 5.41) is 0. The molecule has 0 spiro atoms. The smallest absolute Gasteiger partial charge is 0.248 e. The molecule has 0 saturated carbocycles. The fourth-order valence-corrected chi connectivity index (χ4v) is 3.21. The summed E-state index contributed by atoms with van der Waals surface area (Å²) in [5.41, 5.74) is 0. The van der Waals surface area contributed by atoms with Crippen molar-refractivity contribution in [1.29, 1.82) is 0 Å². The Kier molecular flexibility index (Phi) is 5.45. The SMILES string of the molecule is O=C(COCC1CCCCO1)N1CCC(c2ncc[nH]2)CC1. The second kappa shape index (κ2) is 7.74. The summed E-state index contributed by atoms with van der Waals surface area (Å²) in [6.45, 7) is 3.10. The van der Waals surface area contributed by atoms with Gasteiger partial charge in [0.15, 0.2) is 0 Å². The standard InChI is InChI=1S/C16H25N3O3/c20-15(12-21-11-14-3-1-2-10-22-14)19-8-4-13(5-9-19)16-17-6-7-18-16/h6-7,13-14H,1-5,8-12H2,(H,17,18). The summed E-state index contributed by atoms with van der Waals surface area (Å²) in [6, 6.07) is 0. The van der Waals surface area contributed by atoms with Gasteiger partial charge in [-0.3, -0.25) is 4.79 Å². The number of amides is 1. The molecule has 1 N–H and O–H groups in total. The molecule has 6 heteroatoms. The third kappa shape index (κ3) is 4.08. The van der Waals surface area contributed by atoms with E-state index in [0.717, 1.165) is 51.2 Å². The summed E-state index contributed by atoms with van der Waals surface area (Å²) < 4.78 is 11.2. The number of piperidine rings is 1. The van der Waals surface area contributed by atoms with Crippen LogP contribution in [0.15, 0.2) is 12.4 Å². The van der Waals surface area contributed by atoms with Crippen LogP contribution in [0.4, 0.5) is 0 Å². The van der Waals surface area contributed by atoms with Crippen LogP contribution in [0.25, 0.3) is 0 Å². The predicted molar refractivity (Wildman–Crippen MR) is 81.6 cm³/mol. The van der Waals surface area contributed by atoms with Crippen LogP contribution < -0.4 is 0 Å². The Morgan fingerprint density at radius 2 is 2.23 bits per heavy atom. The third-order valence-electron chi connectivity index (χ3n) is 4.56. The Hall–Kier alpha value is -1.40.